The van der Waals surface area contributed by atoms with E-state index in [1.165, 1.54) is 0 Å². The smallest absolute Gasteiger partial charge is 0.318 e. The summed E-state index contributed by atoms with van der Waals surface area (Å²) in [5, 5.41) is 3.78. The lowest BCUT2D eigenvalue weighted by Crippen LogP contribution is -2.39. The van der Waals surface area contributed by atoms with Crippen LogP contribution in [0.3, 0.4) is 0 Å². The number of hydrogen-bond acceptors (Lipinski definition) is 5. The van der Waals surface area contributed by atoms with Crippen molar-refractivity contribution in [3.05, 3.63) is 5.82 Å². The van der Waals surface area contributed by atoms with Gasteiger partial charge < -0.3 is 15.2 Å². The van der Waals surface area contributed by atoms with Crippen molar-refractivity contribution in [1.82, 2.24) is 15.0 Å². The number of likely N-dealkylation sites (N-methyl/N-ethyl adjacent to an activating group) is 1. The number of amides is 1. The maximum atomic E-state index is 11.4. The lowest BCUT2D eigenvalue weighted by molar-refractivity contribution is -0.133. The highest BCUT2D eigenvalue weighted by molar-refractivity contribution is 5.77. The molecular weight excluding hydrogens is 196 g/mol. The van der Waals surface area contributed by atoms with E-state index >= 15 is 0 Å². The molecule has 1 fully saturated rings. The second-order valence-corrected chi connectivity index (χ2v) is 3.66. The van der Waals surface area contributed by atoms with Crippen LogP contribution in [0.25, 0.3) is 0 Å². The number of nitrogen functional groups attached to an aromatic ring is 1. The van der Waals surface area contributed by atoms with Crippen molar-refractivity contribution in [2.45, 2.75) is 25.7 Å². The van der Waals surface area contributed by atoms with Gasteiger partial charge in [-0.05, 0) is 13.3 Å². The van der Waals surface area contributed by atoms with Gasteiger partial charge in [0.1, 0.15) is 0 Å². The van der Waals surface area contributed by atoms with E-state index in [9.17, 15) is 4.79 Å². The lowest BCUT2D eigenvalue weighted by Gasteiger charge is -2.29. The lowest BCUT2D eigenvalue weighted by atomic mass is 9.97. The van der Waals surface area contributed by atoms with Crippen molar-refractivity contribution < 1.29 is 9.32 Å². The van der Waals surface area contributed by atoms with Gasteiger partial charge in [-0.3, -0.25) is 4.79 Å². The Balaban J connectivity index is 2.09. The van der Waals surface area contributed by atoms with Crippen molar-refractivity contribution in [2.75, 3.05) is 18.8 Å². The summed E-state index contributed by atoms with van der Waals surface area (Å²) in [5.74, 6) is 0.965. The normalized spacial score (nSPS) is 22.1. The molecule has 1 atom stereocenters. The van der Waals surface area contributed by atoms with Crippen LogP contribution < -0.4 is 5.73 Å². The van der Waals surface area contributed by atoms with E-state index in [4.69, 9.17) is 10.3 Å². The molecule has 1 aromatic rings. The zero-order valence-corrected chi connectivity index (χ0v) is 8.64. The Morgan fingerprint density at radius 1 is 1.67 bits per heavy atom. The Hall–Kier alpha value is -1.59. The van der Waals surface area contributed by atoms with Gasteiger partial charge in [0.15, 0.2) is 5.82 Å². The maximum Gasteiger partial charge on any atom is 0.318 e. The number of likely N-dealkylation sites (tertiary alicyclic amines) is 1. The van der Waals surface area contributed by atoms with E-state index in [0.29, 0.717) is 18.8 Å². The van der Waals surface area contributed by atoms with Crippen LogP contribution >= 0.6 is 0 Å². The molecule has 15 heavy (non-hydrogen) atoms. The predicted octanol–water partition coefficient (Wildman–Crippen LogP) is 0.378. The molecule has 0 bridgehead atoms. The molecule has 1 aliphatic rings. The largest absolute Gasteiger partial charge is 0.351 e. The van der Waals surface area contributed by atoms with Crippen LogP contribution in [-0.4, -0.2) is 34.0 Å². The molecule has 0 saturated carbocycles. The third-order valence-electron chi connectivity index (χ3n) is 2.70. The minimum absolute atomic E-state index is 0.0879. The summed E-state index contributed by atoms with van der Waals surface area (Å²) in [5.41, 5.74) is 5.36. The van der Waals surface area contributed by atoms with Gasteiger partial charge in [0.2, 0.25) is 5.91 Å². The minimum Gasteiger partial charge on any atom is -0.351 e. The summed E-state index contributed by atoms with van der Waals surface area (Å²) >= 11 is 0. The second kappa shape index (κ2) is 3.88. The number of nitrogens with zero attached hydrogens (tertiary/aromatic N) is 3. The van der Waals surface area contributed by atoms with Crippen LogP contribution in [0.1, 0.15) is 31.5 Å². The van der Waals surface area contributed by atoms with E-state index in [0.717, 1.165) is 13.0 Å². The van der Waals surface area contributed by atoms with Crippen molar-refractivity contribution in [1.29, 1.82) is 0 Å². The van der Waals surface area contributed by atoms with E-state index in [2.05, 4.69) is 10.1 Å². The third kappa shape index (κ3) is 1.93. The van der Waals surface area contributed by atoms with Crippen LogP contribution in [-0.2, 0) is 4.79 Å². The fourth-order valence-corrected chi connectivity index (χ4v) is 1.84. The average molecular weight is 210 g/mol. The number of aromatic nitrogens is 2. The van der Waals surface area contributed by atoms with Gasteiger partial charge in [0.25, 0.3) is 0 Å². The molecule has 82 valence electrons. The first kappa shape index (κ1) is 9.95. The number of rotatable bonds is 2. The molecule has 1 aliphatic heterocycles. The number of carbonyl (C=O) groups excluding carboxylic acids is 1. The fraction of sp³-hybridized carbons (Fsp3) is 0.667. The molecule has 0 aliphatic carbocycles. The highest BCUT2D eigenvalue weighted by Crippen LogP contribution is 2.25. The van der Waals surface area contributed by atoms with Gasteiger partial charge in [-0.25, -0.2) is 0 Å². The Kier molecular flexibility index (Phi) is 2.57. The topological polar surface area (TPSA) is 85.2 Å². The molecule has 2 rings (SSSR count). The van der Waals surface area contributed by atoms with Crippen LogP contribution in [0.5, 0.6) is 0 Å². The van der Waals surface area contributed by atoms with E-state index in [1.807, 2.05) is 6.92 Å². The SMILES string of the molecule is CCN1CC(c2noc(N)n2)CCC1=O. The molecule has 1 saturated heterocycles. The molecule has 6 nitrogen and oxygen atoms in total. The summed E-state index contributed by atoms with van der Waals surface area (Å²) in [4.78, 5) is 17.2. The highest BCUT2D eigenvalue weighted by Gasteiger charge is 2.28. The summed E-state index contributed by atoms with van der Waals surface area (Å²) in [7, 11) is 0. The van der Waals surface area contributed by atoms with E-state index in [-0.39, 0.29) is 17.8 Å². The van der Waals surface area contributed by atoms with Crippen molar-refractivity contribution in [3.8, 4) is 0 Å². The van der Waals surface area contributed by atoms with Crippen LogP contribution in [0.15, 0.2) is 4.52 Å². The standard InChI is InChI=1S/C9H14N4O2/c1-2-13-5-6(3-4-7(13)14)8-11-9(10)15-12-8/h6H,2-5H2,1H3,(H2,10,11,12). The first-order valence-corrected chi connectivity index (χ1v) is 5.07. The zero-order chi connectivity index (χ0) is 10.8. The van der Waals surface area contributed by atoms with Gasteiger partial charge in [-0.1, -0.05) is 5.16 Å². The third-order valence-corrected chi connectivity index (χ3v) is 2.70. The minimum atomic E-state index is 0.0879. The van der Waals surface area contributed by atoms with Crippen LogP contribution in [0, 0.1) is 0 Å². The number of piperidine rings is 1. The Bertz CT molecular complexity index is 363. The van der Waals surface area contributed by atoms with Crippen molar-refractivity contribution >= 4 is 11.9 Å². The zero-order valence-electron chi connectivity index (χ0n) is 8.64. The molecule has 1 unspecified atom stereocenters. The van der Waals surface area contributed by atoms with Gasteiger partial charge in [-0.15, -0.1) is 0 Å². The summed E-state index contributed by atoms with van der Waals surface area (Å²) in [6.07, 6.45) is 1.32. The highest BCUT2D eigenvalue weighted by atomic mass is 16.5. The summed E-state index contributed by atoms with van der Waals surface area (Å²) < 4.78 is 4.73. The van der Waals surface area contributed by atoms with E-state index < -0.39 is 0 Å². The first-order valence-electron chi connectivity index (χ1n) is 5.07. The quantitative estimate of drug-likeness (QED) is 0.762. The average Bonchev–Trinajstić information content (AvgIpc) is 2.66. The molecule has 6 heteroatoms. The maximum absolute atomic E-state index is 11.4. The molecule has 0 radical (unpaired) electrons. The van der Waals surface area contributed by atoms with Gasteiger partial charge >= 0.3 is 6.01 Å². The number of hydrogen-bond donors (Lipinski definition) is 1. The second-order valence-electron chi connectivity index (χ2n) is 3.66. The Morgan fingerprint density at radius 2 is 2.47 bits per heavy atom. The van der Waals surface area contributed by atoms with Crippen molar-refractivity contribution in [3.63, 3.8) is 0 Å². The predicted molar refractivity (Wildman–Crippen MR) is 52.9 cm³/mol. The molecule has 2 N–H and O–H groups in total. The van der Waals surface area contributed by atoms with E-state index in [1.54, 1.807) is 4.90 Å². The number of carbonyl (C=O) groups is 1. The Labute approximate surface area is 87.4 Å². The molecule has 1 aromatic heterocycles. The van der Waals surface area contributed by atoms with Gasteiger partial charge in [0.05, 0.1) is 0 Å². The molecular formula is C9H14N4O2. The molecule has 0 aromatic carbocycles. The molecule has 1 amide bonds. The number of nitrogens with two attached hydrogens (primary N) is 1. The number of anilines is 1. The molecule has 2 heterocycles. The first-order chi connectivity index (χ1) is 7.20. The monoisotopic (exact) mass is 210 g/mol. The van der Waals surface area contributed by atoms with Crippen LogP contribution in [0.2, 0.25) is 0 Å². The summed E-state index contributed by atoms with van der Waals surface area (Å²) in [6.45, 7) is 3.35. The Morgan fingerprint density at radius 3 is 3.07 bits per heavy atom. The van der Waals surface area contributed by atoms with Gasteiger partial charge in [0, 0.05) is 25.4 Å². The molecule has 0 spiro atoms. The van der Waals surface area contributed by atoms with Crippen LogP contribution in [0.4, 0.5) is 6.01 Å². The van der Waals surface area contributed by atoms with Gasteiger partial charge in [-0.2, -0.15) is 4.98 Å². The fourth-order valence-electron chi connectivity index (χ4n) is 1.84. The summed E-state index contributed by atoms with van der Waals surface area (Å²) in [6, 6.07) is 0.0879. The van der Waals surface area contributed by atoms with Crippen molar-refractivity contribution in [2.24, 2.45) is 0 Å².